The highest BCUT2D eigenvalue weighted by molar-refractivity contribution is 6.30. The van der Waals surface area contributed by atoms with Gasteiger partial charge >= 0.3 is 0 Å². The van der Waals surface area contributed by atoms with Crippen molar-refractivity contribution in [1.82, 2.24) is 0 Å². The first-order chi connectivity index (χ1) is 8.48. The lowest BCUT2D eigenvalue weighted by molar-refractivity contribution is -0.156. The van der Waals surface area contributed by atoms with E-state index in [1.807, 2.05) is 13.0 Å². The van der Waals surface area contributed by atoms with Crippen LogP contribution in [0.15, 0.2) is 11.1 Å². The van der Waals surface area contributed by atoms with Crippen LogP contribution in [0.25, 0.3) is 0 Å². The fourth-order valence-corrected chi connectivity index (χ4v) is 5.56. The Kier molecular flexibility index (Phi) is 2.05. The molecule has 4 aliphatic carbocycles. The van der Waals surface area contributed by atoms with Gasteiger partial charge in [-0.3, -0.25) is 4.79 Å². The lowest BCUT2D eigenvalue weighted by Gasteiger charge is -2.56. The van der Waals surface area contributed by atoms with Crippen LogP contribution in [0.4, 0.5) is 0 Å². The van der Waals surface area contributed by atoms with Crippen molar-refractivity contribution in [3.8, 4) is 0 Å². The van der Waals surface area contributed by atoms with Crippen molar-refractivity contribution in [2.24, 2.45) is 29.1 Å². The molecule has 0 aromatic rings. The molecule has 4 bridgehead atoms. The molecule has 0 radical (unpaired) electrons. The average molecular weight is 267 g/mol. The topological polar surface area (TPSA) is 37.3 Å². The summed E-state index contributed by atoms with van der Waals surface area (Å²) in [6, 6.07) is 0. The summed E-state index contributed by atoms with van der Waals surface area (Å²) in [7, 11) is 0. The Labute approximate surface area is 112 Å². The molecule has 0 unspecified atom stereocenters. The fourth-order valence-electron chi connectivity index (χ4n) is 5.31. The smallest absolute Gasteiger partial charge is 0.140 e. The zero-order chi connectivity index (χ0) is 12.7. The predicted molar refractivity (Wildman–Crippen MR) is 69.0 cm³/mol. The van der Waals surface area contributed by atoms with E-state index in [-0.39, 0.29) is 23.2 Å². The molecule has 3 heteroatoms. The van der Waals surface area contributed by atoms with Crippen LogP contribution in [0.2, 0.25) is 0 Å². The first-order valence-electron chi connectivity index (χ1n) is 7.12. The molecule has 4 rings (SSSR count). The number of rotatable bonds is 0. The molecule has 0 heterocycles. The number of carbonyl (C=O) groups is 1. The molecule has 5 atom stereocenters. The molecule has 98 valence electrons. The number of hydrogen-bond donors (Lipinski definition) is 1. The van der Waals surface area contributed by atoms with E-state index < -0.39 is 5.60 Å². The van der Waals surface area contributed by atoms with Gasteiger partial charge in [0.2, 0.25) is 0 Å². The number of hydrogen-bond acceptors (Lipinski definition) is 2. The van der Waals surface area contributed by atoms with Crippen LogP contribution in [0.3, 0.4) is 0 Å². The van der Waals surface area contributed by atoms with Crippen LogP contribution in [0.5, 0.6) is 0 Å². The molecule has 0 aromatic carbocycles. The van der Waals surface area contributed by atoms with E-state index in [4.69, 9.17) is 11.6 Å². The first-order valence-corrected chi connectivity index (χ1v) is 7.50. The van der Waals surface area contributed by atoms with E-state index in [2.05, 4.69) is 0 Å². The highest BCUT2D eigenvalue weighted by atomic mass is 35.5. The van der Waals surface area contributed by atoms with Crippen molar-refractivity contribution in [3.63, 3.8) is 0 Å². The number of Topliss-reactive ketones (excluding diaryl/α,β-unsaturated/α-hetero) is 1. The Balaban J connectivity index is 1.93. The number of allylic oxidation sites excluding steroid dienone is 1. The second kappa shape index (κ2) is 3.21. The third kappa shape index (κ3) is 1.13. The van der Waals surface area contributed by atoms with Crippen molar-refractivity contribution >= 4 is 17.4 Å². The molecule has 18 heavy (non-hydrogen) atoms. The quantitative estimate of drug-likeness (QED) is 0.732. The maximum absolute atomic E-state index is 12.5. The second-order valence-corrected chi connectivity index (χ2v) is 7.35. The summed E-state index contributed by atoms with van der Waals surface area (Å²) in [6.07, 6.45) is 7.46. The Morgan fingerprint density at radius 1 is 1.33 bits per heavy atom. The van der Waals surface area contributed by atoms with Gasteiger partial charge in [-0.1, -0.05) is 24.1 Å². The lowest BCUT2D eigenvalue weighted by atomic mass is 9.48. The SMILES string of the molecule is C[C@]1(O)C(Cl)=C[C@H]2[C@@H]3CCC[C@@H](C3=O)[C@@H]1C21CC1. The van der Waals surface area contributed by atoms with E-state index in [0.29, 0.717) is 16.7 Å². The van der Waals surface area contributed by atoms with Gasteiger partial charge in [-0.15, -0.1) is 0 Å². The van der Waals surface area contributed by atoms with Gasteiger partial charge in [-0.2, -0.15) is 0 Å². The Bertz CT molecular complexity index is 461. The zero-order valence-corrected chi connectivity index (χ0v) is 11.4. The minimum Gasteiger partial charge on any atom is -0.384 e. The molecule has 1 N–H and O–H groups in total. The van der Waals surface area contributed by atoms with Gasteiger partial charge in [0.05, 0.1) is 0 Å². The molecule has 0 aromatic heterocycles. The summed E-state index contributed by atoms with van der Waals surface area (Å²) in [5.41, 5.74) is -0.789. The van der Waals surface area contributed by atoms with Gasteiger partial charge in [0.15, 0.2) is 0 Å². The average Bonchev–Trinajstić information content (AvgIpc) is 3.06. The summed E-state index contributed by atoms with van der Waals surface area (Å²) < 4.78 is 0. The molecule has 2 nitrogen and oxygen atoms in total. The summed E-state index contributed by atoms with van der Waals surface area (Å²) in [5, 5.41) is 11.4. The van der Waals surface area contributed by atoms with Crippen LogP contribution in [-0.2, 0) is 4.79 Å². The second-order valence-electron chi connectivity index (χ2n) is 6.95. The number of aliphatic hydroxyl groups is 1. The normalized spacial score (nSPS) is 52.2. The summed E-state index contributed by atoms with van der Waals surface area (Å²) in [6.45, 7) is 1.81. The largest absolute Gasteiger partial charge is 0.384 e. The molecular weight excluding hydrogens is 248 g/mol. The molecule has 3 saturated carbocycles. The van der Waals surface area contributed by atoms with Crippen molar-refractivity contribution in [2.75, 3.05) is 0 Å². The molecule has 0 saturated heterocycles. The van der Waals surface area contributed by atoms with E-state index in [1.54, 1.807) is 0 Å². The van der Waals surface area contributed by atoms with Gasteiger partial charge in [-0.05, 0) is 43.9 Å². The lowest BCUT2D eigenvalue weighted by Crippen LogP contribution is -2.60. The van der Waals surface area contributed by atoms with Crippen molar-refractivity contribution in [3.05, 3.63) is 11.1 Å². The zero-order valence-electron chi connectivity index (χ0n) is 10.7. The highest BCUT2D eigenvalue weighted by Crippen LogP contribution is 2.72. The number of ketones is 1. The number of halogens is 1. The molecule has 0 aliphatic heterocycles. The number of fused-ring (bicyclic) bond motifs is 4. The predicted octanol–water partition coefficient (Wildman–Crippen LogP) is 2.89. The first kappa shape index (κ1) is 11.5. The van der Waals surface area contributed by atoms with Gasteiger partial charge in [0.1, 0.15) is 11.4 Å². The van der Waals surface area contributed by atoms with E-state index in [9.17, 15) is 9.90 Å². The van der Waals surface area contributed by atoms with Crippen LogP contribution in [0, 0.1) is 29.1 Å². The van der Waals surface area contributed by atoms with Gasteiger partial charge < -0.3 is 5.11 Å². The Morgan fingerprint density at radius 2 is 2.00 bits per heavy atom. The maximum Gasteiger partial charge on any atom is 0.140 e. The molecule has 1 spiro atoms. The monoisotopic (exact) mass is 266 g/mol. The summed E-state index contributed by atoms with van der Waals surface area (Å²) >= 11 is 6.32. The minimum absolute atomic E-state index is 0.0555. The van der Waals surface area contributed by atoms with Crippen LogP contribution >= 0.6 is 11.6 Å². The third-order valence-electron chi connectivity index (χ3n) is 6.12. The van der Waals surface area contributed by atoms with E-state index in [1.165, 1.54) is 12.8 Å². The third-order valence-corrected chi connectivity index (χ3v) is 6.63. The standard InChI is InChI=1S/C15H19ClO2/c1-14(18)11(16)7-10-8-3-2-4-9(12(8)17)13(14)15(10)5-6-15/h7-10,13,18H,2-6H2,1H3/t8-,9-,10-,13-,14-/m0/s1. The van der Waals surface area contributed by atoms with Gasteiger partial charge in [0.25, 0.3) is 0 Å². The Hall–Kier alpha value is -0.340. The molecular formula is C15H19ClO2. The minimum atomic E-state index is -0.989. The van der Waals surface area contributed by atoms with E-state index >= 15 is 0 Å². The van der Waals surface area contributed by atoms with Crippen molar-refractivity contribution in [1.29, 1.82) is 0 Å². The fraction of sp³-hybridized carbons (Fsp3) is 0.800. The van der Waals surface area contributed by atoms with Gasteiger partial charge in [-0.25, -0.2) is 0 Å². The summed E-state index contributed by atoms with van der Waals surface area (Å²) in [4.78, 5) is 12.5. The summed E-state index contributed by atoms with van der Waals surface area (Å²) in [5.74, 6) is 1.03. The molecule has 3 fully saturated rings. The van der Waals surface area contributed by atoms with E-state index in [0.717, 1.165) is 19.3 Å². The maximum atomic E-state index is 12.5. The van der Waals surface area contributed by atoms with Crippen LogP contribution in [-0.4, -0.2) is 16.5 Å². The molecule has 4 aliphatic rings. The van der Waals surface area contributed by atoms with Crippen molar-refractivity contribution in [2.45, 2.75) is 44.6 Å². The Morgan fingerprint density at radius 3 is 2.67 bits per heavy atom. The highest BCUT2D eigenvalue weighted by Gasteiger charge is 2.70. The number of carbonyl (C=O) groups excluding carboxylic acids is 1. The molecule has 0 amide bonds. The van der Waals surface area contributed by atoms with Crippen LogP contribution in [0.1, 0.15) is 39.0 Å². The van der Waals surface area contributed by atoms with Crippen molar-refractivity contribution < 1.29 is 9.90 Å². The van der Waals surface area contributed by atoms with Gasteiger partial charge in [0, 0.05) is 22.8 Å². The van der Waals surface area contributed by atoms with Crippen LogP contribution < -0.4 is 0 Å².